The maximum absolute atomic E-state index is 3.68. The van der Waals surface area contributed by atoms with Crippen LogP contribution in [-0.4, -0.2) is 30.1 Å². The minimum atomic E-state index is 0.668. The smallest absolute Gasteiger partial charge is 0.0237 e. The van der Waals surface area contributed by atoms with E-state index in [1.165, 1.54) is 31.4 Å². The van der Waals surface area contributed by atoms with Gasteiger partial charge in [0.05, 0.1) is 0 Å². The Morgan fingerprint density at radius 3 is 2.67 bits per heavy atom. The Bertz CT molecular complexity index is 336. The van der Waals surface area contributed by atoms with Gasteiger partial charge in [-0.1, -0.05) is 50.6 Å². The van der Waals surface area contributed by atoms with Crippen LogP contribution in [-0.2, 0) is 6.54 Å². The summed E-state index contributed by atoms with van der Waals surface area (Å²) < 4.78 is 0. The molecule has 2 atom stereocenters. The molecule has 0 saturated carbocycles. The molecule has 1 aromatic rings. The van der Waals surface area contributed by atoms with Gasteiger partial charge in [-0.15, -0.1) is 0 Å². The highest BCUT2D eigenvalue weighted by Gasteiger charge is 2.26. The topological polar surface area (TPSA) is 15.3 Å². The lowest BCUT2D eigenvalue weighted by atomic mass is 10.0. The van der Waals surface area contributed by atoms with Gasteiger partial charge in [-0.2, -0.15) is 0 Å². The summed E-state index contributed by atoms with van der Waals surface area (Å²) in [5.41, 5.74) is 1.44. The van der Waals surface area contributed by atoms with Crippen LogP contribution in [0, 0.1) is 0 Å². The quantitative estimate of drug-likeness (QED) is 0.859. The third kappa shape index (κ3) is 3.56. The standard InChI is InChI=1S/C16H26N2/c1-3-8-16-11-17-15(4-2)13-18(16)12-14-9-6-5-7-10-14/h5-7,9-10,15-17H,3-4,8,11-13H2,1-2H3. The first-order valence-corrected chi connectivity index (χ1v) is 7.34. The molecule has 1 heterocycles. The van der Waals surface area contributed by atoms with Gasteiger partial charge in [0.25, 0.3) is 0 Å². The SMILES string of the molecule is CCCC1CNC(CC)CN1Cc1ccccc1. The summed E-state index contributed by atoms with van der Waals surface area (Å²) in [7, 11) is 0. The predicted molar refractivity (Wildman–Crippen MR) is 77.6 cm³/mol. The molecule has 1 fully saturated rings. The normalized spacial score (nSPS) is 25.2. The molecule has 0 radical (unpaired) electrons. The molecule has 0 amide bonds. The van der Waals surface area contributed by atoms with Crippen LogP contribution < -0.4 is 5.32 Å². The van der Waals surface area contributed by atoms with Gasteiger partial charge in [0.15, 0.2) is 0 Å². The van der Waals surface area contributed by atoms with Gasteiger partial charge >= 0.3 is 0 Å². The van der Waals surface area contributed by atoms with Crippen molar-refractivity contribution in [1.29, 1.82) is 0 Å². The van der Waals surface area contributed by atoms with Crippen molar-refractivity contribution >= 4 is 0 Å². The average Bonchev–Trinajstić information content (AvgIpc) is 2.42. The molecular formula is C16H26N2. The van der Waals surface area contributed by atoms with Crippen LogP contribution in [0.15, 0.2) is 30.3 Å². The summed E-state index contributed by atoms with van der Waals surface area (Å²) in [4.78, 5) is 2.67. The van der Waals surface area contributed by atoms with E-state index < -0.39 is 0 Å². The van der Waals surface area contributed by atoms with Crippen molar-refractivity contribution in [2.75, 3.05) is 13.1 Å². The number of nitrogens with one attached hydrogen (secondary N) is 1. The van der Waals surface area contributed by atoms with Crippen LogP contribution in [0.2, 0.25) is 0 Å². The second-order valence-corrected chi connectivity index (χ2v) is 5.37. The zero-order valence-corrected chi connectivity index (χ0v) is 11.7. The zero-order chi connectivity index (χ0) is 12.8. The molecule has 18 heavy (non-hydrogen) atoms. The first kappa shape index (κ1) is 13.6. The lowest BCUT2D eigenvalue weighted by Gasteiger charge is -2.40. The van der Waals surface area contributed by atoms with Gasteiger partial charge in [0.1, 0.15) is 0 Å². The highest BCUT2D eigenvalue weighted by atomic mass is 15.2. The van der Waals surface area contributed by atoms with Crippen LogP contribution in [0.3, 0.4) is 0 Å². The molecule has 1 N–H and O–H groups in total. The molecule has 2 rings (SSSR count). The molecular weight excluding hydrogens is 220 g/mol. The Kier molecular flexibility index (Phi) is 5.21. The van der Waals surface area contributed by atoms with E-state index in [-0.39, 0.29) is 0 Å². The fourth-order valence-corrected chi connectivity index (χ4v) is 2.83. The van der Waals surface area contributed by atoms with Gasteiger partial charge < -0.3 is 5.32 Å². The number of hydrogen-bond acceptors (Lipinski definition) is 2. The summed E-state index contributed by atoms with van der Waals surface area (Å²) in [5, 5.41) is 3.68. The van der Waals surface area contributed by atoms with E-state index in [1.54, 1.807) is 0 Å². The van der Waals surface area contributed by atoms with Crippen LogP contribution in [0.5, 0.6) is 0 Å². The molecule has 1 aliphatic rings. The summed E-state index contributed by atoms with van der Waals surface area (Å²) in [5.74, 6) is 0. The Balaban J connectivity index is 2.00. The fourth-order valence-electron chi connectivity index (χ4n) is 2.83. The van der Waals surface area contributed by atoms with Crippen molar-refractivity contribution in [2.45, 2.75) is 51.7 Å². The van der Waals surface area contributed by atoms with Crippen LogP contribution in [0.4, 0.5) is 0 Å². The molecule has 2 unspecified atom stereocenters. The first-order chi connectivity index (χ1) is 8.83. The average molecular weight is 246 g/mol. The van der Waals surface area contributed by atoms with E-state index in [0.29, 0.717) is 12.1 Å². The second-order valence-electron chi connectivity index (χ2n) is 5.37. The van der Waals surface area contributed by atoms with E-state index >= 15 is 0 Å². The zero-order valence-electron chi connectivity index (χ0n) is 11.7. The number of benzene rings is 1. The molecule has 0 aromatic heterocycles. The molecule has 0 spiro atoms. The molecule has 1 saturated heterocycles. The number of nitrogens with zero attached hydrogens (tertiary/aromatic N) is 1. The molecule has 1 aromatic carbocycles. The number of piperazine rings is 1. The monoisotopic (exact) mass is 246 g/mol. The Hall–Kier alpha value is -0.860. The van der Waals surface area contributed by atoms with E-state index in [9.17, 15) is 0 Å². The second kappa shape index (κ2) is 6.91. The van der Waals surface area contributed by atoms with E-state index in [4.69, 9.17) is 0 Å². The third-order valence-corrected chi connectivity index (χ3v) is 3.96. The third-order valence-electron chi connectivity index (χ3n) is 3.96. The maximum Gasteiger partial charge on any atom is 0.0237 e. The van der Waals surface area contributed by atoms with Crippen molar-refractivity contribution in [1.82, 2.24) is 10.2 Å². The lowest BCUT2D eigenvalue weighted by molar-refractivity contribution is 0.113. The fraction of sp³-hybridized carbons (Fsp3) is 0.625. The van der Waals surface area contributed by atoms with Crippen molar-refractivity contribution in [2.24, 2.45) is 0 Å². The molecule has 0 aliphatic carbocycles. The van der Waals surface area contributed by atoms with Crippen molar-refractivity contribution in [3.63, 3.8) is 0 Å². The van der Waals surface area contributed by atoms with Crippen LogP contribution in [0.1, 0.15) is 38.7 Å². The van der Waals surface area contributed by atoms with Gasteiger partial charge in [0, 0.05) is 31.7 Å². The van der Waals surface area contributed by atoms with Gasteiger partial charge in [-0.05, 0) is 18.4 Å². The van der Waals surface area contributed by atoms with Crippen molar-refractivity contribution in [3.8, 4) is 0 Å². The molecule has 0 bridgehead atoms. The molecule has 2 nitrogen and oxygen atoms in total. The first-order valence-electron chi connectivity index (χ1n) is 7.34. The summed E-state index contributed by atoms with van der Waals surface area (Å²) >= 11 is 0. The van der Waals surface area contributed by atoms with Crippen molar-refractivity contribution < 1.29 is 0 Å². The summed E-state index contributed by atoms with van der Waals surface area (Å²) in [6.45, 7) is 8.00. The number of rotatable bonds is 5. The van der Waals surface area contributed by atoms with E-state index in [0.717, 1.165) is 13.1 Å². The maximum atomic E-state index is 3.68. The van der Waals surface area contributed by atoms with Crippen LogP contribution >= 0.6 is 0 Å². The number of hydrogen-bond donors (Lipinski definition) is 1. The van der Waals surface area contributed by atoms with E-state index in [2.05, 4.69) is 54.4 Å². The summed E-state index contributed by atoms with van der Waals surface area (Å²) in [6, 6.07) is 12.2. The van der Waals surface area contributed by atoms with Gasteiger partial charge in [-0.25, -0.2) is 0 Å². The van der Waals surface area contributed by atoms with Crippen molar-refractivity contribution in [3.05, 3.63) is 35.9 Å². The van der Waals surface area contributed by atoms with E-state index in [1.807, 2.05) is 0 Å². The minimum absolute atomic E-state index is 0.668. The molecule has 100 valence electrons. The lowest BCUT2D eigenvalue weighted by Crippen LogP contribution is -2.55. The predicted octanol–water partition coefficient (Wildman–Crippen LogP) is 3.04. The van der Waals surface area contributed by atoms with Gasteiger partial charge in [-0.3, -0.25) is 4.90 Å². The Morgan fingerprint density at radius 2 is 2.00 bits per heavy atom. The molecule has 2 heteroatoms. The summed E-state index contributed by atoms with van der Waals surface area (Å²) in [6.07, 6.45) is 3.80. The Labute approximate surface area is 111 Å². The minimum Gasteiger partial charge on any atom is -0.311 e. The highest BCUT2D eigenvalue weighted by Crippen LogP contribution is 2.17. The molecule has 1 aliphatic heterocycles. The van der Waals surface area contributed by atoms with Crippen LogP contribution in [0.25, 0.3) is 0 Å². The highest BCUT2D eigenvalue weighted by molar-refractivity contribution is 5.14. The Morgan fingerprint density at radius 1 is 1.22 bits per heavy atom. The van der Waals surface area contributed by atoms with Gasteiger partial charge in [0.2, 0.25) is 0 Å². The largest absolute Gasteiger partial charge is 0.311 e.